The van der Waals surface area contributed by atoms with E-state index in [0.717, 1.165) is 44.8 Å². The number of morpholine rings is 1. The third-order valence-corrected chi connectivity index (χ3v) is 5.19. The van der Waals surface area contributed by atoms with E-state index in [-0.39, 0.29) is 6.10 Å². The molecule has 0 bridgehead atoms. The Hall–Kier alpha value is -2.30. The van der Waals surface area contributed by atoms with Gasteiger partial charge in [0.05, 0.1) is 19.8 Å². The fraction of sp³-hybridized carbons (Fsp3) is 0.364. The molecular weight excluding hydrogens is 324 g/mol. The number of aromatic amines is 1. The molecule has 0 radical (unpaired) electrons. The molecule has 1 atom stereocenters. The minimum atomic E-state index is 0.249. The van der Waals surface area contributed by atoms with Crippen LogP contribution in [0.25, 0.3) is 10.9 Å². The SMILES string of the molecule is COc1cccc(C[C@@H]2CN(CCc3c[nH]c4ccccc34)CCO2)c1. The molecule has 0 spiro atoms. The Balaban J connectivity index is 1.34. The van der Waals surface area contributed by atoms with E-state index in [4.69, 9.17) is 9.47 Å². The molecule has 0 amide bonds. The van der Waals surface area contributed by atoms with Crippen molar-refractivity contribution in [3.05, 3.63) is 65.9 Å². The molecule has 1 aromatic heterocycles. The lowest BCUT2D eigenvalue weighted by atomic mass is 10.1. The zero-order valence-electron chi connectivity index (χ0n) is 15.3. The lowest BCUT2D eigenvalue weighted by Gasteiger charge is -2.33. The van der Waals surface area contributed by atoms with E-state index in [0.29, 0.717) is 0 Å². The van der Waals surface area contributed by atoms with Gasteiger partial charge in [0.1, 0.15) is 5.75 Å². The maximum absolute atomic E-state index is 6.00. The van der Waals surface area contributed by atoms with E-state index in [1.165, 1.54) is 22.0 Å². The summed E-state index contributed by atoms with van der Waals surface area (Å²) in [6, 6.07) is 16.8. The normalized spacial score (nSPS) is 18.3. The summed E-state index contributed by atoms with van der Waals surface area (Å²) in [6.07, 6.45) is 4.40. The summed E-state index contributed by atoms with van der Waals surface area (Å²) < 4.78 is 11.3. The first-order valence-electron chi connectivity index (χ1n) is 9.34. The number of nitrogens with zero attached hydrogens (tertiary/aromatic N) is 1. The topological polar surface area (TPSA) is 37.5 Å². The molecule has 2 heterocycles. The van der Waals surface area contributed by atoms with E-state index < -0.39 is 0 Å². The Kier molecular flexibility index (Phi) is 5.23. The van der Waals surface area contributed by atoms with Gasteiger partial charge in [-0.3, -0.25) is 4.90 Å². The van der Waals surface area contributed by atoms with Gasteiger partial charge in [0.25, 0.3) is 0 Å². The standard InChI is InChI=1S/C22H26N2O2/c1-25-19-6-4-5-17(13-19)14-20-16-24(11-12-26-20)10-9-18-15-23-22-8-3-2-7-21(18)22/h2-8,13,15,20,23H,9-12,14,16H2,1H3/t20-/m1/s1. The third-order valence-electron chi connectivity index (χ3n) is 5.19. The number of aromatic nitrogens is 1. The summed E-state index contributed by atoms with van der Waals surface area (Å²) >= 11 is 0. The quantitative estimate of drug-likeness (QED) is 0.737. The Morgan fingerprint density at radius 1 is 1.19 bits per heavy atom. The summed E-state index contributed by atoms with van der Waals surface area (Å²) in [4.78, 5) is 5.90. The van der Waals surface area contributed by atoms with Gasteiger partial charge < -0.3 is 14.5 Å². The molecule has 2 aromatic carbocycles. The predicted octanol–water partition coefficient (Wildman–Crippen LogP) is 3.66. The van der Waals surface area contributed by atoms with Crippen LogP contribution in [0.3, 0.4) is 0 Å². The highest BCUT2D eigenvalue weighted by atomic mass is 16.5. The molecule has 1 N–H and O–H groups in total. The molecule has 4 rings (SSSR count). The summed E-state index contributed by atoms with van der Waals surface area (Å²) in [5.41, 5.74) is 3.89. The van der Waals surface area contributed by atoms with E-state index in [1.54, 1.807) is 7.11 Å². The average molecular weight is 350 g/mol. The second-order valence-corrected chi connectivity index (χ2v) is 6.96. The largest absolute Gasteiger partial charge is 0.497 e. The molecule has 0 saturated carbocycles. The van der Waals surface area contributed by atoms with E-state index in [9.17, 15) is 0 Å². The summed E-state index contributed by atoms with van der Waals surface area (Å²) in [7, 11) is 1.71. The maximum Gasteiger partial charge on any atom is 0.119 e. The zero-order chi connectivity index (χ0) is 17.8. The van der Waals surface area contributed by atoms with Gasteiger partial charge in [-0.25, -0.2) is 0 Å². The number of ether oxygens (including phenoxy) is 2. The van der Waals surface area contributed by atoms with Gasteiger partial charge >= 0.3 is 0 Å². The van der Waals surface area contributed by atoms with Crippen LogP contribution in [0, 0.1) is 0 Å². The first-order chi connectivity index (χ1) is 12.8. The van der Waals surface area contributed by atoms with Gasteiger partial charge in [-0.05, 0) is 35.7 Å². The van der Waals surface area contributed by atoms with Crippen LogP contribution in [-0.2, 0) is 17.6 Å². The van der Waals surface area contributed by atoms with Crippen LogP contribution >= 0.6 is 0 Å². The second-order valence-electron chi connectivity index (χ2n) is 6.96. The van der Waals surface area contributed by atoms with Gasteiger partial charge in [-0.15, -0.1) is 0 Å². The van der Waals surface area contributed by atoms with Crippen LogP contribution in [0.2, 0.25) is 0 Å². The number of benzene rings is 2. The maximum atomic E-state index is 6.00. The van der Waals surface area contributed by atoms with Crippen LogP contribution in [0.1, 0.15) is 11.1 Å². The van der Waals surface area contributed by atoms with Gasteiger partial charge in [0.15, 0.2) is 0 Å². The van der Waals surface area contributed by atoms with Gasteiger partial charge in [0, 0.05) is 43.2 Å². The van der Waals surface area contributed by atoms with E-state index in [1.807, 2.05) is 12.1 Å². The van der Waals surface area contributed by atoms with Crippen LogP contribution in [0.15, 0.2) is 54.7 Å². The molecule has 0 aliphatic carbocycles. The van der Waals surface area contributed by atoms with Gasteiger partial charge in [-0.1, -0.05) is 30.3 Å². The molecule has 1 saturated heterocycles. The molecule has 1 fully saturated rings. The van der Waals surface area contributed by atoms with Gasteiger partial charge in [-0.2, -0.15) is 0 Å². The zero-order valence-corrected chi connectivity index (χ0v) is 15.3. The second kappa shape index (κ2) is 7.94. The number of para-hydroxylation sites is 1. The average Bonchev–Trinajstić information content (AvgIpc) is 3.10. The highest BCUT2D eigenvalue weighted by Crippen LogP contribution is 2.20. The summed E-state index contributed by atoms with van der Waals surface area (Å²) in [6.45, 7) is 3.87. The number of fused-ring (bicyclic) bond motifs is 1. The first kappa shape index (κ1) is 17.1. The molecule has 4 nitrogen and oxygen atoms in total. The summed E-state index contributed by atoms with van der Waals surface area (Å²) in [5, 5.41) is 1.34. The lowest BCUT2D eigenvalue weighted by Crippen LogP contribution is -2.44. The molecule has 0 unspecified atom stereocenters. The Morgan fingerprint density at radius 2 is 2.12 bits per heavy atom. The Morgan fingerprint density at radius 3 is 3.04 bits per heavy atom. The van der Waals surface area contributed by atoms with Crippen molar-refractivity contribution in [3.63, 3.8) is 0 Å². The summed E-state index contributed by atoms with van der Waals surface area (Å²) in [5.74, 6) is 0.912. The number of hydrogen-bond acceptors (Lipinski definition) is 3. The number of H-pyrrole nitrogens is 1. The Bertz CT molecular complexity index is 858. The molecular formula is C22H26N2O2. The van der Waals surface area contributed by atoms with Crippen molar-refractivity contribution in [2.45, 2.75) is 18.9 Å². The lowest BCUT2D eigenvalue weighted by molar-refractivity contribution is -0.0271. The fourth-order valence-corrected chi connectivity index (χ4v) is 3.79. The van der Waals surface area contributed by atoms with Crippen molar-refractivity contribution in [3.8, 4) is 5.75 Å². The van der Waals surface area contributed by atoms with Crippen molar-refractivity contribution < 1.29 is 9.47 Å². The predicted molar refractivity (Wildman–Crippen MR) is 105 cm³/mol. The molecule has 136 valence electrons. The molecule has 1 aliphatic rings. The van der Waals surface area contributed by atoms with Crippen molar-refractivity contribution in [1.82, 2.24) is 9.88 Å². The number of rotatable bonds is 6. The molecule has 26 heavy (non-hydrogen) atoms. The van der Waals surface area contributed by atoms with Crippen molar-refractivity contribution in [2.24, 2.45) is 0 Å². The highest BCUT2D eigenvalue weighted by Gasteiger charge is 2.21. The Labute approximate surface area is 154 Å². The molecule has 3 aromatic rings. The smallest absolute Gasteiger partial charge is 0.119 e. The van der Waals surface area contributed by atoms with Crippen molar-refractivity contribution in [1.29, 1.82) is 0 Å². The fourth-order valence-electron chi connectivity index (χ4n) is 3.79. The monoisotopic (exact) mass is 350 g/mol. The minimum absolute atomic E-state index is 0.249. The van der Waals surface area contributed by atoms with Crippen LogP contribution < -0.4 is 4.74 Å². The van der Waals surface area contributed by atoms with Crippen LogP contribution in [0.4, 0.5) is 0 Å². The van der Waals surface area contributed by atoms with Crippen molar-refractivity contribution >= 4 is 10.9 Å². The van der Waals surface area contributed by atoms with Crippen LogP contribution in [0.5, 0.6) is 5.75 Å². The van der Waals surface area contributed by atoms with E-state index >= 15 is 0 Å². The first-order valence-corrected chi connectivity index (χ1v) is 9.34. The molecule has 4 heteroatoms. The molecule has 1 aliphatic heterocycles. The number of hydrogen-bond donors (Lipinski definition) is 1. The highest BCUT2D eigenvalue weighted by molar-refractivity contribution is 5.83. The number of nitrogens with one attached hydrogen (secondary N) is 1. The minimum Gasteiger partial charge on any atom is -0.497 e. The third kappa shape index (κ3) is 3.92. The van der Waals surface area contributed by atoms with Crippen LogP contribution in [-0.4, -0.2) is 49.3 Å². The van der Waals surface area contributed by atoms with Gasteiger partial charge in [0.2, 0.25) is 0 Å². The number of methoxy groups -OCH3 is 1. The van der Waals surface area contributed by atoms with Crippen molar-refractivity contribution in [2.75, 3.05) is 33.4 Å². The van der Waals surface area contributed by atoms with E-state index in [2.05, 4.69) is 52.5 Å².